The van der Waals surface area contributed by atoms with Crippen LogP contribution in [0.2, 0.25) is 0 Å². The highest BCUT2D eigenvalue weighted by Gasteiger charge is 2.34. The van der Waals surface area contributed by atoms with E-state index in [0.717, 1.165) is 36.1 Å². The minimum absolute atomic E-state index is 0.234. The summed E-state index contributed by atoms with van der Waals surface area (Å²) < 4.78 is 0. The second kappa shape index (κ2) is 9.47. The van der Waals surface area contributed by atoms with Crippen LogP contribution in [0.25, 0.3) is 10.8 Å². The summed E-state index contributed by atoms with van der Waals surface area (Å²) >= 11 is 5.75. The van der Waals surface area contributed by atoms with Gasteiger partial charge in [-0.1, -0.05) is 72.8 Å². The van der Waals surface area contributed by atoms with Crippen LogP contribution < -0.4 is 10.6 Å². The largest absolute Gasteiger partial charge is 0.358 e. The van der Waals surface area contributed by atoms with Crippen molar-refractivity contribution in [2.24, 2.45) is 0 Å². The summed E-state index contributed by atoms with van der Waals surface area (Å²) in [5, 5.41) is 9.91. The standard InChI is InChI=1S/C27H26N4S/c32-27(29-25-13-7-12-22-16-28-15-14-23(22)25)30-26-19-31(17-20-8-3-1-4-9-20)18-24(26)21-10-5-2-6-11-21/h1-16,24,26H,17-19H2,(H2,29,30,32)/t24-,26+/m0/s1. The van der Waals surface area contributed by atoms with E-state index in [1.807, 2.05) is 24.5 Å². The minimum Gasteiger partial charge on any atom is -0.358 e. The van der Waals surface area contributed by atoms with Crippen molar-refractivity contribution in [1.82, 2.24) is 15.2 Å². The van der Waals surface area contributed by atoms with E-state index >= 15 is 0 Å². The number of nitrogens with one attached hydrogen (secondary N) is 2. The van der Waals surface area contributed by atoms with Crippen LogP contribution in [0.3, 0.4) is 0 Å². The number of nitrogens with zero attached hydrogens (tertiary/aromatic N) is 2. The molecule has 3 aromatic carbocycles. The predicted octanol–water partition coefficient (Wildman–Crippen LogP) is 5.19. The van der Waals surface area contributed by atoms with E-state index in [9.17, 15) is 0 Å². The molecule has 1 aliphatic rings. The maximum atomic E-state index is 5.75. The van der Waals surface area contributed by atoms with Crippen LogP contribution in [0.1, 0.15) is 17.0 Å². The molecular weight excluding hydrogens is 412 g/mol. The van der Waals surface area contributed by atoms with Crippen LogP contribution in [0.15, 0.2) is 97.3 Å². The molecule has 2 atom stereocenters. The number of fused-ring (bicyclic) bond motifs is 1. The third-order valence-corrected chi connectivity index (χ3v) is 6.34. The number of hydrogen-bond acceptors (Lipinski definition) is 3. The number of likely N-dealkylation sites (tertiary alicyclic amines) is 1. The highest BCUT2D eigenvalue weighted by Crippen LogP contribution is 2.29. The van der Waals surface area contributed by atoms with Crippen LogP contribution in [-0.4, -0.2) is 34.1 Å². The number of rotatable bonds is 5. The second-order valence-electron chi connectivity index (χ2n) is 8.30. The Labute approximate surface area is 194 Å². The molecule has 2 N–H and O–H groups in total. The van der Waals surface area contributed by atoms with E-state index in [-0.39, 0.29) is 6.04 Å². The van der Waals surface area contributed by atoms with Gasteiger partial charge in [0.25, 0.3) is 0 Å². The number of anilines is 1. The van der Waals surface area contributed by atoms with Gasteiger partial charge in [-0.25, -0.2) is 0 Å². The average molecular weight is 439 g/mol. The number of aromatic nitrogens is 1. The predicted molar refractivity (Wildman–Crippen MR) is 136 cm³/mol. The van der Waals surface area contributed by atoms with Crippen molar-refractivity contribution in [2.75, 3.05) is 18.4 Å². The summed E-state index contributed by atoms with van der Waals surface area (Å²) in [5.41, 5.74) is 3.68. The van der Waals surface area contributed by atoms with Gasteiger partial charge in [-0.15, -0.1) is 0 Å². The first-order valence-electron chi connectivity index (χ1n) is 11.0. The zero-order chi connectivity index (χ0) is 21.8. The highest BCUT2D eigenvalue weighted by atomic mass is 32.1. The van der Waals surface area contributed by atoms with Crippen LogP contribution in [-0.2, 0) is 6.54 Å². The van der Waals surface area contributed by atoms with Gasteiger partial charge in [0.05, 0.1) is 0 Å². The molecular formula is C27H26N4S. The van der Waals surface area contributed by atoms with Crippen molar-refractivity contribution < 1.29 is 0 Å². The van der Waals surface area contributed by atoms with E-state index in [0.29, 0.717) is 11.0 Å². The fourth-order valence-corrected chi connectivity index (χ4v) is 4.86. The lowest BCUT2D eigenvalue weighted by molar-refractivity contribution is 0.322. The van der Waals surface area contributed by atoms with Crippen LogP contribution in [0, 0.1) is 0 Å². The van der Waals surface area contributed by atoms with Gasteiger partial charge in [0.15, 0.2) is 5.11 Å². The molecule has 0 spiro atoms. The molecule has 32 heavy (non-hydrogen) atoms. The molecule has 0 radical (unpaired) electrons. The summed E-state index contributed by atoms with van der Waals surface area (Å²) in [6.07, 6.45) is 3.69. The smallest absolute Gasteiger partial charge is 0.171 e. The molecule has 5 heteroatoms. The lowest BCUT2D eigenvalue weighted by atomic mass is 9.94. The number of pyridine rings is 1. The fourth-order valence-electron chi connectivity index (χ4n) is 4.60. The summed E-state index contributed by atoms with van der Waals surface area (Å²) in [4.78, 5) is 6.73. The van der Waals surface area contributed by atoms with E-state index in [2.05, 4.69) is 93.3 Å². The molecule has 5 rings (SSSR count). The Morgan fingerprint density at radius 3 is 2.50 bits per heavy atom. The van der Waals surface area contributed by atoms with Gasteiger partial charge in [-0.3, -0.25) is 9.88 Å². The molecule has 0 saturated carbocycles. The van der Waals surface area contributed by atoms with Gasteiger partial charge in [0, 0.05) is 60.4 Å². The molecule has 0 aliphatic carbocycles. The van der Waals surface area contributed by atoms with Gasteiger partial charge in [0.1, 0.15) is 0 Å². The van der Waals surface area contributed by atoms with E-state index in [1.54, 1.807) is 0 Å². The molecule has 1 aromatic heterocycles. The monoisotopic (exact) mass is 438 g/mol. The van der Waals surface area contributed by atoms with Crippen molar-refractivity contribution in [3.8, 4) is 0 Å². The Kier molecular flexibility index (Phi) is 6.10. The molecule has 160 valence electrons. The Hall–Kier alpha value is -3.28. The quantitative estimate of drug-likeness (QED) is 0.420. The molecule has 4 nitrogen and oxygen atoms in total. The lowest BCUT2D eigenvalue weighted by Gasteiger charge is -2.22. The topological polar surface area (TPSA) is 40.2 Å². The average Bonchev–Trinajstić information content (AvgIpc) is 3.22. The SMILES string of the molecule is S=C(Nc1cccc2cnccc12)N[C@@H]1CN(Cc2ccccc2)C[C@H]1c1ccccc1. The molecule has 2 heterocycles. The highest BCUT2D eigenvalue weighted by molar-refractivity contribution is 7.80. The molecule has 1 fully saturated rings. The third-order valence-electron chi connectivity index (χ3n) is 6.12. The minimum atomic E-state index is 0.234. The van der Waals surface area contributed by atoms with Crippen molar-refractivity contribution >= 4 is 33.8 Å². The van der Waals surface area contributed by atoms with E-state index in [1.165, 1.54) is 11.1 Å². The fraction of sp³-hybridized carbons (Fsp3) is 0.185. The van der Waals surface area contributed by atoms with Crippen LogP contribution in [0.5, 0.6) is 0 Å². The molecule has 0 bridgehead atoms. The number of benzene rings is 3. The lowest BCUT2D eigenvalue weighted by Crippen LogP contribution is -2.42. The van der Waals surface area contributed by atoms with E-state index in [4.69, 9.17) is 12.2 Å². The summed E-state index contributed by atoms with van der Waals surface area (Å²) in [5.74, 6) is 0.372. The van der Waals surface area contributed by atoms with Crippen molar-refractivity contribution in [1.29, 1.82) is 0 Å². The molecule has 4 aromatic rings. The van der Waals surface area contributed by atoms with Crippen LogP contribution >= 0.6 is 12.2 Å². The Balaban J connectivity index is 1.33. The van der Waals surface area contributed by atoms with Crippen molar-refractivity contribution in [3.63, 3.8) is 0 Å². The first-order valence-corrected chi connectivity index (χ1v) is 11.4. The summed E-state index contributed by atoms with van der Waals surface area (Å²) in [6.45, 7) is 2.88. The van der Waals surface area contributed by atoms with Gasteiger partial charge in [-0.2, -0.15) is 0 Å². The Morgan fingerprint density at radius 2 is 1.69 bits per heavy atom. The number of hydrogen-bond donors (Lipinski definition) is 2. The summed E-state index contributed by atoms with van der Waals surface area (Å²) in [6, 6.07) is 29.8. The van der Waals surface area contributed by atoms with E-state index < -0.39 is 0 Å². The Morgan fingerprint density at radius 1 is 0.906 bits per heavy atom. The van der Waals surface area contributed by atoms with Gasteiger partial charge < -0.3 is 10.6 Å². The molecule has 0 amide bonds. The van der Waals surface area contributed by atoms with Gasteiger partial charge >= 0.3 is 0 Å². The maximum Gasteiger partial charge on any atom is 0.171 e. The van der Waals surface area contributed by atoms with Crippen molar-refractivity contribution in [2.45, 2.75) is 18.5 Å². The second-order valence-corrected chi connectivity index (χ2v) is 8.71. The first kappa shape index (κ1) is 20.6. The van der Waals surface area contributed by atoms with Gasteiger partial charge in [-0.05, 0) is 35.5 Å². The molecule has 1 aliphatic heterocycles. The maximum absolute atomic E-state index is 5.75. The zero-order valence-corrected chi connectivity index (χ0v) is 18.6. The molecule has 1 saturated heterocycles. The molecule has 0 unspecified atom stereocenters. The van der Waals surface area contributed by atoms with Crippen molar-refractivity contribution in [3.05, 3.63) is 108 Å². The first-order chi connectivity index (χ1) is 15.8. The summed E-state index contributed by atoms with van der Waals surface area (Å²) in [7, 11) is 0. The van der Waals surface area contributed by atoms with Gasteiger partial charge in [0.2, 0.25) is 0 Å². The van der Waals surface area contributed by atoms with Crippen LogP contribution in [0.4, 0.5) is 5.69 Å². The zero-order valence-electron chi connectivity index (χ0n) is 17.8. The number of thiocarbonyl (C=S) groups is 1. The Bertz CT molecular complexity index is 1190. The normalized spacial score (nSPS) is 18.5. The third kappa shape index (κ3) is 4.64.